The maximum Gasteiger partial charge on any atom is 0.325 e. The summed E-state index contributed by atoms with van der Waals surface area (Å²) >= 11 is 7.96. The molecule has 8 N–H and O–H groups in total. The van der Waals surface area contributed by atoms with Crippen molar-refractivity contribution in [2.45, 2.75) is 50.4 Å². The molecular weight excluding hydrogens is 394 g/mol. The monoisotopic (exact) mass is 423 g/mol. The number of hydrogen-bond acceptors (Lipinski definition) is 8. The highest BCUT2D eigenvalue weighted by Gasteiger charge is 2.28. The largest absolute Gasteiger partial charge is 0.480 e. The number of nitrogens with two attached hydrogens (primary N) is 2. The van der Waals surface area contributed by atoms with Crippen LogP contribution in [0.25, 0.3) is 0 Å². The van der Waals surface area contributed by atoms with Crippen molar-refractivity contribution in [1.82, 2.24) is 16.0 Å². The van der Waals surface area contributed by atoms with Crippen LogP contribution in [0.15, 0.2) is 0 Å². The lowest BCUT2D eigenvalue weighted by atomic mass is 10.1. The van der Waals surface area contributed by atoms with Crippen LogP contribution < -0.4 is 27.4 Å². The minimum Gasteiger partial charge on any atom is -0.480 e. The lowest BCUT2D eigenvalue weighted by Crippen LogP contribution is -2.57. The average molecular weight is 424 g/mol. The minimum absolute atomic E-state index is 0.0144. The minimum atomic E-state index is -1.20. The molecule has 0 aromatic heterocycles. The van der Waals surface area contributed by atoms with Gasteiger partial charge >= 0.3 is 5.97 Å². The zero-order chi connectivity index (χ0) is 21.0. The Morgan fingerprint density at radius 1 is 0.926 bits per heavy atom. The second-order valence-electron chi connectivity index (χ2n) is 5.95. The zero-order valence-electron chi connectivity index (χ0n) is 15.2. The van der Waals surface area contributed by atoms with Crippen molar-refractivity contribution in [3.63, 3.8) is 0 Å². The first-order chi connectivity index (χ1) is 12.7. The summed E-state index contributed by atoms with van der Waals surface area (Å²) in [6.45, 7) is 1.74. The zero-order valence-corrected chi connectivity index (χ0v) is 17.0. The molecule has 0 saturated carbocycles. The van der Waals surface area contributed by atoms with Crippen molar-refractivity contribution in [3.05, 3.63) is 0 Å². The van der Waals surface area contributed by atoms with Crippen LogP contribution in [0.5, 0.6) is 0 Å². The van der Waals surface area contributed by atoms with Crippen LogP contribution in [0.1, 0.15) is 26.2 Å². The van der Waals surface area contributed by atoms with E-state index in [9.17, 15) is 19.2 Å². The lowest BCUT2D eigenvalue weighted by molar-refractivity contribution is -0.141. The molecule has 0 heterocycles. The number of hydrogen-bond donors (Lipinski definition) is 8. The first-order valence-electron chi connectivity index (χ1n) is 8.49. The molecule has 0 aromatic carbocycles. The molecule has 0 aliphatic heterocycles. The summed E-state index contributed by atoms with van der Waals surface area (Å²) in [5, 5.41) is 16.2. The number of carbonyl (C=O) groups excluding carboxylic acids is 3. The van der Waals surface area contributed by atoms with E-state index >= 15 is 0 Å². The van der Waals surface area contributed by atoms with Gasteiger partial charge < -0.3 is 32.5 Å². The third-order valence-corrected chi connectivity index (χ3v) is 4.42. The predicted octanol–water partition coefficient (Wildman–Crippen LogP) is -2.14. The van der Waals surface area contributed by atoms with Gasteiger partial charge in [0, 0.05) is 11.5 Å². The summed E-state index contributed by atoms with van der Waals surface area (Å²) in [6.07, 6.45) is 1.46. The SMILES string of the molecule is CC(NC(=O)C(CCCCN)NC(=O)C(CS)NC(=O)C(N)CS)C(=O)O. The quantitative estimate of drug-likeness (QED) is 0.123. The van der Waals surface area contributed by atoms with Gasteiger partial charge in [-0.25, -0.2) is 0 Å². The Balaban J connectivity index is 5.03. The van der Waals surface area contributed by atoms with E-state index in [2.05, 4.69) is 41.2 Å². The fraction of sp³-hybridized carbons (Fsp3) is 0.733. The molecule has 12 heteroatoms. The van der Waals surface area contributed by atoms with Crippen molar-refractivity contribution < 1.29 is 24.3 Å². The fourth-order valence-electron chi connectivity index (χ4n) is 1.97. The molecule has 0 fully saturated rings. The number of carbonyl (C=O) groups is 4. The van der Waals surface area contributed by atoms with E-state index in [1.807, 2.05) is 0 Å². The number of aliphatic carboxylic acids is 1. The Morgan fingerprint density at radius 2 is 1.48 bits per heavy atom. The van der Waals surface area contributed by atoms with Gasteiger partial charge in [0.05, 0.1) is 6.04 Å². The van der Waals surface area contributed by atoms with Gasteiger partial charge in [-0.05, 0) is 32.7 Å². The molecule has 0 rings (SSSR count). The smallest absolute Gasteiger partial charge is 0.325 e. The topological polar surface area (TPSA) is 177 Å². The second kappa shape index (κ2) is 13.6. The fourth-order valence-corrected chi connectivity index (χ4v) is 2.39. The van der Waals surface area contributed by atoms with Crippen LogP contribution in [0, 0.1) is 0 Å². The van der Waals surface area contributed by atoms with E-state index in [4.69, 9.17) is 16.6 Å². The predicted molar refractivity (Wildman–Crippen MR) is 108 cm³/mol. The van der Waals surface area contributed by atoms with Crippen molar-refractivity contribution in [2.24, 2.45) is 11.5 Å². The Kier molecular flexibility index (Phi) is 12.9. The molecule has 0 aliphatic rings. The molecule has 10 nitrogen and oxygen atoms in total. The summed E-state index contributed by atoms with van der Waals surface area (Å²) < 4.78 is 0. The summed E-state index contributed by atoms with van der Waals surface area (Å²) in [5.74, 6) is -2.93. The molecule has 27 heavy (non-hydrogen) atoms. The molecule has 0 aromatic rings. The van der Waals surface area contributed by atoms with E-state index in [0.717, 1.165) is 0 Å². The Bertz CT molecular complexity index is 523. The third kappa shape index (κ3) is 9.84. The molecule has 4 unspecified atom stereocenters. The van der Waals surface area contributed by atoms with Gasteiger partial charge in [0.1, 0.15) is 18.1 Å². The first-order valence-corrected chi connectivity index (χ1v) is 9.75. The van der Waals surface area contributed by atoms with E-state index < -0.39 is 47.9 Å². The van der Waals surface area contributed by atoms with E-state index in [0.29, 0.717) is 19.4 Å². The normalized spacial score (nSPS) is 15.1. The highest BCUT2D eigenvalue weighted by molar-refractivity contribution is 7.80. The van der Waals surface area contributed by atoms with Gasteiger partial charge in [0.25, 0.3) is 0 Å². The van der Waals surface area contributed by atoms with Gasteiger partial charge in [-0.15, -0.1) is 0 Å². The Labute approximate surface area is 169 Å². The molecule has 0 spiro atoms. The number of carboxylic acid groups (broad SMARTS) is 1. The van der Waals surface area contributed by atoms with Crippen LogP contribution in [0.2, 0.25) is 0 Å². The summed E-state index contributed by atoms with van der Waals surface area (Å²) in [5.41, 5.74) is 11.0. The van der Waals surface area contributed by atoms with E-state index in [1.165, 1.54) is 6.92 Å². The van der Waals surface area contributed by atoms with Gasteiger partial charge in [0.2, 0.25) is 17.7 Å². The lowest BCUT2D eigenvalue weighted by Gasteiger charge is -2.23. The number of rotatable bonds is 13. The molecule has 4 atom stereocenters. The molecular formula is C15H29N5O5S2. The molecule has 0 saturated heterocycles. The molecule has 0 radical (unpaired) electrons. The van der Waals surface area contributed by atoms with Gasteiger partial charge in [-0.1, -0.05) is 0 Å². The van der Waals surface area contributed by atoms with Crippen molar-refractivity contribution >= 4 is 48.9 Å². The van der Waals surface area contributed by atoms with Gasteiger partial charge in [-0.2, -0.15) is 25.3 Å². The van der Waals surface area contributed by atoms with Crippen LogP contribution in [0.3, 0.4) is 0 Å². The number of carboxylic acids is 1. The van der Waals surface area contributed by atoms with E-state index in [1.54, 1.807) is 0 Å². The van der Waals surface area contributed by atoms with Crippen LogP contribution in [0.4, 0.5) is 0 Å². The first kappa shape index (κ1) is 25.5. The van der Waals surface area contributed by atoms with E-state index in [-0.39, 0.29) is 17.9 Å². The third-order valence-electron chi connectivity index (χ3n) is 3.66. The number of unbranched alkanes of at least 4 members (excludes halogenated alkanes) is 1. The number of nitrogens with one attached hydrogen (secondary N) is 3. The highest BCUT2D eigenvalue weighted by atomic mass is 32.1. The number of amides is 3. The summed E-state index contributed by atoms with van der Waals surface area (Å²) in [6, 6.07) is -3.97. The maximum atomic E-state index is 12.4. The Hall–Kier alpha value is -1.50. The van der Waals surface area contributed by atoms with Crippen LogP contribution in [-0.2, 0) is 19.2 Å². The second-order valence-corrected chi connectivity index (χ2v) is 6.68. The van der Waals surface area contributed by atoms with Crippen LogP contribution in [-0.4, -0.2) is 71.0 Å². The standard InChI is InChI=1S/C15H29N5O5S2/c1-8(15(24)25)18-13(22)10(4-2-3-5-16)19-14(23)11(7-27)20-12(21)9(17)6-26/h8-11,26-27H,2-7,16-17H2,1H3,(H,18,22)(H,19,23)(H,20,21)(H,24,25). The summed E-state index contributed by atoms with van der Waals surface area (Å²) in [7, 11) is 0. The molecule has 3 amide bonds. The van der Waals surface area contributed by atoms with Crippen LogP contribution >= 0.6 is 25.3 Å². The molecule has 0 aliphatic carbocycles. The number of thiol groups is 2. The Morgan fingerprint density at radius 3 is 1.96 bits per heavy atom. The molecule has 0 bridgehead atoms. The van der Waals surface area contributed by atoms with Gasteiger partial charge in [0.15, 0.2) is 0 Å². The molecule has 156 valence electrons. The van der Waals surface area contributed by atoms with Crippen molar-refractivity contribution in [3.8, 4) is 0 Å². The van der Waals surface area contributed by atoms with Gasteiger partial charge in [-0.3, -0.25) is 19.2 Å². The maximum absolute atomic E-state index is 12.4. The van der Waals surface area contributed by atoms with Crippen molar-refractivity contribution in [2.75, 3.05) is 18.1 Å². The summed E-state index contributed by atoms with van der Waals surface area (Å²) in [4.78, 5) is 47.5. The highest BCUT2D eigenvalue weighted by Crippen LogP contribution is 2.03. The average Bonchev–Trinajstić information content (AvgIpc) is 2.63. The van der Waals surface area contributed by atoms with Crippen molar-refractivity contribution in [1.29, 1.82) is 0 Å².